The molecule has 1 heterocycles. The molecule has 0 aliphatic carbocycles. The molecule has 5 nitrogen and oxygen atoms in total. The second-order valence-electron chi connectivity index (χ2n) is 3.02. The molecule has 0 saturated heterocycles. The molecular weight excluding hydrogens is 255 g/mol. The molecule has 0 bridgehead atoms. The predicted octanol–water partition coefficient (Wildman–Crippen LogP) is 2.16. The fourth-order valence-electron chi connectivity index (χ4n) is 0.857. The van der Waals surface area contributed by atoms with E-state index < -0.39 is 0 Å². The molecule has 1 rings (SSSR count). The van der Waals surface area contributed by atoms with Gasteiger partial charge in [-0.3, -0.25) is 0 Å². The van der Waals surface area contributed by atoms with Gasteiger partial charge in [0.15, 0.2) is 9.03 Å². The van der Waals surface area contributed by atoms with E-state index >= 15 is 0 Å². The summed E-state index contributed by atoms with van der Waals surface area (Å²) in [6, 6.07) is 0. The van der Waals surface area contributed by atoms with Crippen molar-refractivity contribution in [2.45, 2.75) is 13.2 Å². The molecule has 18 heavy (non-hydrogen) atoms. The van der Waals surface area contributed by atoms with Crippen LogP contribution in [0.25, 0.3) is 0 Å². The molecule has 2 N–H and O–H groups in total. The molecule has 0 spiro atoms. The SMILES string of the molecule is C=CCO.C=CCOPOCc1cocc1CO. The van der Waals surface area contributed by atoms with Crippen molar-refractivity contribution < 1.29 is 23.7 Å². The third-order valence-electron chi connectivity index (χ3n) is 1.68. The van der Waals surface area contributed by atoms with E-state index in [2.05, 4.69) is 13.2 Å². The van der Waals surface area contributed by atoms with Crippen molar-refractivity contribution in [3.8, 4) is 0 Å². The average molecular weight is 274 g/mol. The van der Waals surface area contributed by atoms with Gasteiger partial charge in [-0.25, -0.2) is 0 Å². The van der Waals surface area contributed by atoms with Crippen LogP contribution in [0.4, 0.5) is 0 Å². The van der Waals surface area contributed by atoms with Gasteiger partial charge in [-0.15, -0.1) is 13.2 Å². The van der Waals surface area contributed by atoms with E-state index in [0.717, 1.165) is 11.1 Å². The van der Waals surface area contributed by atoms with Gasteiger partial charge in [0.2, 0.25) is 0 Å². The Kier molecular flexibility index (Phi) is 11.8. The van der Waals surface area contributed by atoms with Crippen molar-refractivity contribution >= 4 is 9.03 Å². The molecule has 0 radical (unpaired) electrons. The summed E-state index contributed by atoms with van der Waals surface area (Å²) in [6.07, 6.45) is 6.16. The highest BCUT2D eigenvalue weighted by Gasteiger charge is 2.03. The zero-order chi connectivity index (χ0) is 13.6. The van der Waals surface area contributed by atoms with E-state index in [-0.39, 0.29) is 22.2 Å². The minimum Gasteiger partial charge on any atom is -0.472 e. The molecule has 1 aromatic rings. The number of furan rings is 1. The minimum absolute atomic E-state index is 0.0197. The van der Waals surface area contributed by atoms with Crippen LogP contribution in [0.15, 0.2) is 42.3 Å². The highest BCUT2D eigenvalue weighted by molar-refractivity contribution is 7.26. The first-order valence-corrected chi connectivity index (χ1v) is 6.07. The Morgan fingerprint density at radius 1 is 1.17 bits per heavy atom. The van der Waals surface area contributed by atoms with E-state index in [9.17, 15) is 0 Å². The van der Waals surface area contributed by atoms with Crippen LogP contribution in [-0.4, -0.2) is 23.4 Å². The van der Waals surface area contributed by atoms with Crippen molar-refractivity contribution in [3.05, 3.63) is 49.0 Å². The zero-order valence-corrected chi connectivity index (χ0v) is 11.2. The molecule has 6 heteroatoms. The number of hydrogen-bond acceptors (Lipinski definition) is 5. The Balaban J connectivity index is 0.000000631. The first kappa shape index (κ1) is 17.0. The zero-order valence-electron chi connectivity index (χ0n) is 10.2. The van der Waals surface area contributed by atoms with E-state index in [0.29, 0.717) is 13.2 Å². The Morgan fingerprint density at radius 3 is 2.39 bits per heavy atom. The van der Waals surface area contributed by atoms with E-state index in [4.69, 9.17) is 23.7 Å². The fraction of sp³-hybridized carbons (Fsp3) is 0.333. The van der Waals surface area contributed by atoms with Crippen molar-refractivity contribution in [1.82, 2.24) is 0 Å². The molecule has 1 unspecified atom stereocenters. The lowest BCUT2D eigenvalue weighted by Gasteiger charge is -2.02. The topological polar surface area (TPSA) is 72.1 Å². The fourth-order valence-corrected chi connectivity index (χ4v) is 1.34. The van der Waals surface area contributed by atoms with Gasteiger partial charge in [0.05, 0.1) is 39.0 Å². The molecule has 1 aromatic heterocycles. The molecular formula is C12H19O5P. The van der Waals surface area contributed by atoms with Crippen molar-refractivity contribution in [1.29, 1.82) is 0 Å². The Morgan fingerprint density at radius 2 is 1.83 bits per heavy atom. The highest BCUT2D eigenvalue weighted by atomic mass is 31.1. The largest absolute Gasteiger partial charge is 0.472 e. The smallest absolute Gasteiger partial charge is 0.155 e. The monoisotopic (exact) mass is 274 g/mol. The Hall–Kier alpha value is -0.970. The van der Waals surface area contributed by atoms with Crippen LogP contribution in [0.3, 0.4) is 0 Å². The number of aliphatic hydroxyl groups excluding tert-OH is 2. The molecule has 0 aliphatic heterocycles. The molecule has 102 valence electrons. The lowest BCUT2D eigenvalue weighted by atomic mass is 10.2. The molecule has 0 amide bonds. The lowest BCUT2D eigenvalue weighted by Crippen LogP contribution is -1.90. The summed E-state index contributed by atoms with van der Waals surface area (Å²) in [4.78, 5) is 0. The summed E-state index contributed by atoms with van der Waals surface area (Å²) in [5.74, 6) is 0. The minimum atomic E-state index is -0.0359. The average Bonchev–Trinajstić information content (AvgIpc) is 2.86. The standard InChI is InChI=1S/C9H13O4P.C3H6O/c1-2-3-12-14-13-7-9-6-11-5-8(9)4-10;1-2-3-4/h2,5-6,10,14H,1,3-4,7H2;2,4H,1,3H2. The van der Waals surface area contributed by atoms with E-state index in [1.165, 1.54) is 12.3 Å². The maximum absolute atomic E-state index is 8.89. The summed E-state index contributed by atoms with van der Waals surface area (Å²) in [7, 11) is -0.0197. The second-order valence-corrected chi connectivity index (χ2v) is 3.77. The summed E-state index contributed by atoms with van der Waals surface area (Å²) in [5, 5.41) is 16.6. The van der Waals surface area contributed by atoms with Gasteiger partial charge in [0.25, 0.3) is 0 Å². The van der Waals surface area contributed by atoms with Gasteiger partial charge < -0.3 is 23.7 Å². The molecule has 0 aliphatic rings. The van der Waals surface area contributed by atoms with Crippen LogP contribution in [0.5, 0.6) is 0 Å². The Labute approximate surface area is 109 Å². The first-order valence-electron chi connectivity index (χ1n) is 5.26. The molecule has 0 fully saturated rings. The number of hydrogen-bond donors (Lipinski definition) is 2. The lowest BCUT2D eigenvalue weighted by molar-refractivity contribution is 0.262. The third kappa shape index (κ3) is 8.17. The predicted molar refractivity (Wildman–Crippen MR) is 71.2 cm³/mol. The van der Waals surface area contributed by atoms with Crippen LogP contribution >= 0.6 is 9.03 Å². The van der Waals surface area contributed by atoms with Crippen molar-refractivity contribution in [2.24, 2.45) is 0 Å². The van der Waals surface area contributed by atoms with Gasteiger partial charge in [0.1, 0.15) is 0 Å². The van der Waals surface area contributed by atoms with Crippen LogP contribution in [0, 0.1) is 0 Å². The quantitative estimate of drug-likeness (QED) is 0.432. The second kappa shape index (κ2) is 12.5. The summed E-state index contributed by atoms with van der Waals surface area (Å²) < 4.78 is 15.2. The maximum Gasteiger partial charge on any atom is 0.155 e. The van der Waals surface area contributed by atoms with Gasteiger partial charge >= 0.3 is 0 Å². The summed E-state index contributed by atoms with van der Waals surface area (Å²) >= 11 is 0. The first-order chi connectivity index (χ1) is 8.79. The van der Waals surface area contributed by atoms with Crippen molar-refractivity contribution in [2.75, 3.05) is 13.2 Å². The molecule has 0 saturated carbocycles. The van der Waals surface area contributed by atoms with Crippen molar-refractivity contribution in [3.63, 3.8) is 0 Å². The molecule has 0 aromatic carbocycles. The highest BCUT2D eigenvalue weighted by Crippen LogP contribution is 2.19. The van der Waals surface area contributed by atoms with Gasteiger partial charge in [0, 0.05) is 11.1 Å². The Bertz CT molecular complexity index is 324. The van der Waals surface area contributed by atoms with E-state index in [1.807, 2.05) is 0 Å². The third-order valence-corrected chi connectivity index (χ3v) is 2.23. The van der Waals surface area contributed by atoms with Gasteiger partial charge in [-0.1, -0.05) is 12.2 Å². The van der Waals surface area contributed by atoms with Crippen LogP contribution < -0.4 is 0 Å². The number of aliphatic hydroxyl groups is 2. The normalized spacial score (nSPS) is 10.1. The van der Waals surface area contributed by atoms with Gasteiger partial charge in [-0.2, -0.15) is 0 Å². The van der Waals surface area contributed by atoms with Crippen LogP contribution in [0.2, 0.25) is 0 Å². The summed E-state index contributed by atoms with van der Waals surface area (Å²) in [5.41, 5.74) is 1.60. The summed E-state index contributed by atoms with van der Waals surface area (Å²) in [6.45, 7) is 7.66. The van der Waals surface area contributed by atoms with Crippen LogP contribution in [-0.2, 0) is 22.3 Å². The maximum atomic E-state index is 8.89. The number of rotatable bonds is 8. The van der Waals surface area contributed by atoms with Gasteiger partial charge in [-0.05, 0) is 0 Å². The van der Waals surface area contributed by atoms with Crippen LogP contribution in [0.1, 0.15) is 11.1 Å². The molecule has 1 atom stereocenters. The van der Waals surface area contributed by atoms with E-state index in [1.54, 1.807) is 12.3 Å².